The smallest absolute Gasteiger partial charge is 0.201 e. The van der Waals surface area contributed by atoms with Gasteiger partial charge in [0.1, 0.15) is 5.58 Å². The molecule has 40 heavy (non-hydrogen) atoms. The maximum atomic E-state index is 6.13. The largest absolute Gasteiger partial charge is 0.440 e. The highest BCUT2D eigenvalue weighted by Gasteiger charge is 2.19. The van der Waals surface area contributed by atoms with Gasteiger partial charge in [0.2, 0.25) is 5.88 Å². The van der Waals surface area contributed by atoms with Crippen molar-refractivity contribution < 1.29 is 4.42 Å². The molecule has 0 radical (unpaired) electrons. The third kappa shape index (κ3) is 3.75. The maximum absolute atomic E-state index is 6.13. The van der Waals surface area contributed by atoms with E-state index in [0.717, 1.165) is 46.0 Å². The fourth-order valence-corrected chi connectivity index (χ4v) is 5.88. The molecule has 3 nitrogen and oxygen atoms in total. The van der Waals surface area contributed by atoms with Crippen LogP contribution in [0.5, 0.6) is 0 Å². The molecule has 2 heterocycles. The highest BCUT2D eigenvalue weighted by atomic mass is 16.3. The van der Waals surface area contributed by atoms with E-state index in [2.05, 4.69) is 150 Å². The van der Waals surface area contributed by atoms with Crippen LogP contribution in [-0.2, 0) is 0 Å². The van der Waals surface area contributed by atoms with Crippen molar-refractivity contribution in [1.29, 1.82) is 0 Å². The molecule has 6 aromatic carbocycles. The highest BCUT2D eigenvalue weighted by molar-refractivity contribution is 6.09. The average molecular weight is 515 g/mol. The molecule has 1 aliphatic rings. The van der Waals surface area contributed by atoms with Crippen LogP contribution in [0.4, 0.5) is 22.9 Å². The van der Waals surface area contributed by atoms with Gasteiger partial charge in [0.05, 0.1) is 0 Å². The van der Waals surface area contributed by atoms with Gasteiger partial charge >= 0.3 is 0 Å². The van der Waals surface area contributed by atoms with E-state index < -0.39 is 0 Å². The van der Waals surface area contributed by atoms with Crippen LogP contribution in [0.25, 0.3) is 49.7 Å². The Kier molecular flexibility index (Phi) is 5.20. The van der Waals surface area contributed by atoms with Crippen molar-refractivity contribution in [3.63, 3.8) is 0 Å². The molecule has 0 aliphatic carbocycles. The summed E-state index contributed by atoms with van der Waals surface area (Å²) in [6.45, 7) is 0.782. The molecule has 1 N–H and O–H groups in total. The second-order valence-corrected chi connectivity index (χ2v) is 10.2. The number of anilines is 4. The molecule has 7 aromatic rings. The van der Waals surface area contributed by atoms with Gasteiger partial charge in [-0.15, -0.1) is 0 Å². The van der Waals surface area contributed by atoms with Crippen LogP contribution >= 0.6 is 0 Å². The van der Waals surface area contributed by atoms with Crippen LogP contribution in [0.1, 0.15) is 5.56 Å². The van der Waals surface area contributed by atoms with E-state index in [1.165, 1.54) is 32.7 Å². The SMILES string of the molecule is C1=Cc2c(oc3ccc(N(c4ccc(-c5ccccc5)cc4)c4ccc5ccc6ccccc6c5c4)cc23)NC1. The number of benzene rings is 6. The van der Waals surface area contributed by atoms with E-state index in [-0.39, 0.29) is 0 Å². The van der Waals surface area contributed by atoms with E-state index in [1.807, 2.05) is 0 Å². The van der Waals surface area contributed by atoms with E-state index in [0.29, 0.717) is 0 Å². The van der Waals surface area contributed by atoms with Gasteiger partial charge in [-0.2, -0.15) is 0 Å². The first-order chi connectivity index (χ1) is 19.8. The summed E-state index contributed by atoms with van der Waals surface area (Å²) in [6, 6.07) is 45.6. The van der Waals surface area contributed by atoms with Gasteiger partial charge in [-0.1, -0.05) is 97.1 Å². The minimum atomic E-state index is 0.782. The zero-order chi connectivity index (χ0) is 26.5. The Bertz CT molecular complexity index is 2050. The third-order valence-corrected chi connectivity index (χ3v) is 7.85. The number of hydrogen-bond acceptors (Lipinski definition) is 3. The van der Waals surface area contributed by atoms with Crippen LogP contribution in [-0.4, -0.2) is 6.54 Å². The third-order valence-electron chi connectivity index (χ3n) is 7.85. The highest BCUT2D eigenvalue weighted by Crippen LogP contribution is 2.41. The van der Waals surface area contributed by atoms with E-state index in [1.54, 1.807) is 0 Å². The molecule has 1 aliphatic heterocycles. The Morgan fingerprint density at radius 1 is 0.550 bits per heavy atom. The zero-order valence-electron chi connectivity index (χ0n) is 21.8. The Balaban J connectivity index is 1.33. The number of rotatable bonds is 4. The Morgan fingerprint density at radius 2 is 1.20 bits per heavy atom. The number of nitrogens with zero attached hydrogens (tertiary/aromatic N) is 1. The first-order valence-corrected chi connectivity index (χ1v) is 13.7. The molecule has 0 unspecified atom stereocenters. The van der Waals surface area contributed by atoms with Gasteiger partial charge < -0.3 is 14.6 Å². The summed E-state index contributed by atoms with van der Waals surface area (Å²) < 4.78 is 6.13. The van der Waals surface area contributed by atoms with Crippen molar-refractivity contribution in [2.45, 2.75) is 0 Å². The Labute approximate surface area is 232 Å². The van der Waals surface area contributed by atoms with E-state index >= 15 is 0 Å². The summed E-state index contributed by atoms with van der Waals surface area (Å²) in [5, 5.41) is 9.45. The second-order valence-electron chi connectivity index (χ2n) is 10.2. The fraction of sp³-hybridized carbons (Fsp3) is 0.0270. The number of fused-ring (bicyclic) bond motifs is 6. The zero-order valence-corrected chi connectivity index (χ0v) is 21.8. The summed E-state index contributed by atoms with van der Waals surface area (Å²) >= 11 is 0. The molecule has 0 saturated carbocycles. The molecular formula is C37H26N2O. The lowest BCUT2D eigenvalue weighted by atomic mass is 10.0. The van der Waals surface area contributed by atoms with E-state index in [9.17, 15) is 0 Å². The van der Waals surface area contributed by atoms with E-state index in [4.69, 9.17) is 4.42 Å². The molecule has 0 atom stereocenters. The van der Waals surface area contributed by atoms with Crippen molar-refractivity contribution in [3.05, 3.63) is 139 Å². The molecule has 3 heteroatoms. The van der Waals surface area contributed by atoms with Gasteiger partial charge in [0, 0.05) is 34.6 Å². The molecule has 0 bridgehead atoms. The lowest BCUT2D eigenvalue weighted by Gasteiger charge is -2.26. The van der Waals surface area contributed by atoms with Gasteiger partial charge in [-0.05, 0) is 75.1 Å². The predicted octanol–water partition coefficient (Wildman–Crippen LogP) is 10.3. The normalized spacial score (nSPS) is 12.5. The van der Waals surface area contributed by atoms with Crippen LogP contribution < -0.4 is 10.2 Å². The standard InChI is InChI=1S/C37H26N2O/c1-2-7-25(8-3-1)26-14-17-29(18-15-26)39(31-20-21-36-35(24-31)33-11-6-22-38-37(33)40-36)30-19-16-28-13-12-27-9-4-5-10-32(27)34(28)23-30/h1-21,23-24,38H,22H2. The van der Waals surface area contributed by atoms with Gasteiger partial charge in [0.25, 0.3) is 0 Å². The molecule has 0 saturated heterocycles. The number of nitrogens with one attached hydrogen (secondary N) is 1. The minimum Gasteiger partial charge on any atom is -0.440 e. The second kappa shape index (κ2) is 9.18. The molecule has 8 rings (SSSR count). The first-order valence-electron chi connectivity index (χ1n) is 13.7. The summed E-state index contributed by atoms with van der Waals surface area (Å²) in [4.78, 5) is 2.34. The maximum Gasteiger partial charge on any atom is 0.201 e. The minimum absolute atomic E-state index is 0.782. The van der Waals surface area contributed by atoms with Crippen LogP contribution in [0.2, 0.25) is 0 Å². The number of furan rings is 1. The molecule has 190 valence electrons. The van der Waals surface area contributed by atoms with Crippen molar-refractivity contribution >= 4 is 61.5 Å². The Hall–Kier alpha value is -5.28. The van der Waals surface area contributed by atoms with Crippen LogP contribution in [0, 0.1) is 0 Å². The lowest BCUT2D eigenvalue weighted by Crippen LogP contribution is -2.10. The van der Waals surface area contributed by atoms with Crippen molar-refractivity contribution in [2.75, 3.05) is 16.8 Å². The van der Waals surface area contributed by atoms with Crippen LogP contribution in [0.15, 0.2) is 138 Å². The van der Waals surface area contributed by atoms with Crippen LogP contribution in [0.3, 0.4) is 0 Å². The lowest BCUT2D eigenvalue weighted by molar-refractivity contribution is 0.628. The summed E-state index contributed by atoms with van der Waals surface area (Å²) in [5.74, 6) is 0.839. The molecular weight excluding hydrogens is 488 g/mol. The fourth-order valence-electron chi connectivity index (χ4n) is 5.88. The number of hydrogen-bond donors (Lipinski definition) is 1. The monoisotopic (exact) mass is 514 g/mol. The van der Waals surface area contributed by atoms with Crippen molar-refractivity contribution in [2.24, 2.45) is 0 Å². The van der Waals surface area contributed by atoms with Gasteiger partial charge in [0.15, 0.2) is 0 Å². The first kappa shape index (κ1) is 22.7. The molecule has 1 aromatic heterocycles. The quantitative estimate of drug-likeness (QED) is 0.237. The predicted molar refractivity (Wildman–Crippen MR) is 169 cm³/mol. The molecule has 0 spiro atoms. The van der Waals surface area contributed by atoms with Crippen molar-refractivity contribution in [1.82, 2.24) is 0 Å². The summed E-state index contributed by atoms with van der Waals surface area (Å²) in [5.41, 5.74) is 7.70. The van der Waals surface area contributed by atoms with Crippen molar-refractivity contribution in [3.8, 4) is 11.1 Å². The topological polar surface area (TPSA) is 28.4 Å². The van der Waals surface area contributed by atoms with Gasteiger partial charge in [-0.3, -0.25) is 0 Å². The molecule has 0 amide bonds. The van der Waals surface area contributed by atoms with Gasteiger partial charge in [-0.25, -0.2) is 0 Å². The average Bonchev–Trinajstić information content (AvgIpc) is 3.40. The summed E-state index contributed by atoms with van der Waals surface area (Å²) in [6.07, 6.45) is 4.29. The molecule has 0 fully saturated rings. The Morgan fingerprint density at radius 3 is 2.05 bits per heavy atom. The summed E-state index contributed by atoms with van der Waals surface area (Å²) in [7, 11) is 0.